The molecule has 3 N–H and O–H groups in total. The molecule has 5 atom stereocenters. The first-order valence-corrected chi connectivity index (χ1v) is 12.1. The van der Waals surface area contributed by atoms with Gasteiger partial charge in [-0.2, -0.15) is 0 Å². The number of aromatic nitrogens is 3. The van der Waals surface area contributed by atoms with Crippen LogP contribution in [0.1, 0.15) is 6.04 Å². The second kappa shape index (κ2) is 11.4. The van der Waals surface area contributed by atoms with Crippen molar-refractivity contribution in [2.24, 2.45) is 0 Å². The number of carboxylic acid groups (broad SMARTS) is 1. The van der Waals surface area contributed by atoms with Crippen LogP contribution in [-0.2, 0) is 14.3 Å². The molecule has 192 valence electrons. The predicted molar refractivity (Wildman–Crippen MR) is 126 cm³/mol. The minimum absolute atomic E-state index is 0.166. The standard InChI is InChI=1S/C22H19Cl2F2N3O6S/c23-12-3-2-11(6-13(12)24)36-22-21(34-9-18(31)32)19(20(33)17(8-30)35-22)29-7-16(27-28-29)10-1-4-14(25)15(26)5-10/h1-7,17,19-22,30,33H,8-9H2,(H,31,32)/t17-,19+,20+,21-,22-/m1/s1. The summed E-state index contributed by atoms with van der Waals surface area (Å²) in [6, 6.07) is 6.95. The first-order chi connectivity index (χ1) is 17.2. The molecule has 0 spiro atoms. The topological polar surface area (TPSA) is 127 Å². The summed E-state index contributed by atoms with van der Waals surface area (Å²) < 4.78 is 39.8. The number of hydrogen-bond acceptors (Lipinski definition) is 8. The van der Waals surface area contributed by atoms with E-state index in [-0.39, 0.29) is 16.3 Å². The summed E-state index contributed by atoms with van der Waals surface area (Å²) in [6.07, 6.45) is -2.20. The van der Waals surface area contributed by atoms with Crippen molar-refractivity contribution in [3.05, 3.63) is 64.3 Å². The van der Waals surface area contributed by atoms with Crippen LogP contribution in [0.5, 0.6) is 0 Å². The number of nitrogens with zero attached hydrogens (tertiary/aromatic N) is 3. The van der Waals surface area contributed by atoms with Crippen LogP contribution in [-0.4, -0.2) is 73.2 Å². The Morgan fingerprint density at radius 2 is 1.94 bits per heavy atom. The number of benzene rings is 2. The third kappa shape index (κ3) is 5.80. The number of halogens is 4. The number of ether oxygens (including phenoxy) is 2. The quantitative estimate of drug-likeness (QED) is 0.379. The summed E-state index contributed by atoms with van der Waals surface area (Å²) in [5.74, 6) is -3.36. The molecule has 0 saturated carbocycles. The summed E-state index contributed by atoms with van der Waals surface area (Å²) in [6.45, 7) is -1.28. The van der Waals surface area contributed by atoms with E-state index in [0.717, 1.165) is 23.9 Å². The van der Waals surface area contributed by atoms with Gasteiger partial charge in [0.25, 0.3) is 0 Å². The van der Waals surface area contributed by atoms with Crippen molar-refractivity contribution >= 4 is 40.9 Å². The second-order valence-corrected chi connectivity index (χ2v) is 9.77. The second-order valence-electron chi connectivity index (χ2n) is 7.78. The molecule has 1 aliphatic rings. The highest BCUT2D eigenvalue weighted by Gasteiger charge is 2.48. The van der Waals surface area contributed by atoms with E-state index in [1.54, 1.807) is 18.2 Å². The van der Waals surface area contributed by atoms with Gasteiger partial charge in [-0.1, -0.05) is 40.2 Å². The fourth-order valence-electron chi connectivity index (χ4n) is 3.70. The Balaban J connectivity index is 1.70. The van der Waals surface area contributed by atoms with Crippen LogP contribution in [0.25, 0.3) is 11.3 Å². The molecule has 9 nitrogen and oxygen atoms in total. The maximum atomic E-state index is 13.7. The van der Waals surface area contributed by atoms with Crippen molar-refractivity contribution < 1.29 is 38.4 Å². The van der Waals surface area contributed by atoms with Crippen molar-refractivity contribution in [2.75, 3.05) is 13.2 Å². The first-order valence-electron chi connectivity index (χ1n) is 10.4. The number of hydrogen-bond donors (Lipinski definition) is 3. The Labute approximate surface area is 217 Å². The lowest BCUT2D eigenvalue weighted by atomic mass is 9.97. The van der Waals surface area contributed by atoms with Crippen LogP contribution in [0.3, 0.4) is 0 Å². The van der Waals surface area contributed by atoms with Gasteiger partial charge >= 0.3 is 5.97 Å². The zero-order valence-corrected chi connectivity index (χ0v) is 20.5. The fourth-order valence-corrected chi connectivity index (χ4v) is 5.23. The van der Waals surface area contributed by atoms with E-state index < -0.39 is 60.6 Å². The van der Waals surface area contributed by atoms with Crippen LogP contribution in [0, 0.1) is 11.6 Å². The Morgan fingerprint density at radius 3 is 2.61 bits per heavy atom. The lowest BCUT2D eigenvalue weighted by molar-refractivity contribution is -0.196. The van der Waals surface area contributed by atoms with Crippen molar-refractivity contribution in [3.8, 4) is 11.3 Å². The third-order valence-electron chi connectivity index (χ3n) is 5.40. The smallest absolute Gasteiger partial charge is 0.329 e. The monoisotopic (exact) mass is 561 g/mol. The number of aliphatic hydroxyl groups is 2. The molecule has 0 unspecified atom stereocenters. The molecule has 36 heavy (non-hydrogen) atoms. The van der Waals surface area contributed by atoms with Crippen LogP contribution in [0.4, 0.5) is 8.78 Å². The van der Waals surface area contributed by atoms with E-state index in [0.29, 0.717) is 9.92 Å². The zero-order valence-electron chi connectivity index (χ0n) is 18.2. The van der Waals surface area contributed by atoms with Crippen LogP contribution in [0.2, 0.25) is 10.0 Å². The molecule has 1 saturated heterocycles. The maximum Gasteiger partial charge on any atom is 0.329 e. The fraction of sp³-hybridized carbons (Fsp3) is 0.318. The van der Waals surface area contributed by atoms with Gasteiger partial charge in [-0.25, -0.2) is 18.3 Å². The summed E-state index contributed by atoms with van der Waals surface area (Å²) in [5, 5.41) is 38.6. The van der Waals surface area contributed by atoms with Gasteiger partial charge in [-0.05, 0) is 36.4 Å². The maximum absolute atomic E-state index is 13.7. The molecule has 4 rings (SSSR count). The lowest BCUT2D eigenvalue weighted by Crippen LogP contribution is -2.56. The molecular weight excluding hydrogens is 543 g/mol. The highest BCUT2D eigenvalue weighted by atomic mass is 35.5. The van der Waals surface area contributed by atoms with Crippen molar-refractivity contribution in [1.82, 2.24) is 15.0 Å². The molecule has 14 heteroatoms. The van der Waals surface area contributed by atoms with E-state index in [1.807, 2.05) is 0 Å². The Hall–Kier alpha value is -2.32. The lowest BCUT2D eigenvalue weighted by Gasteiger charge is -2.43. The van der Waals surface area contributed by atoms with Crippen LogP contribution < -0.4 is 0 Å². The third-order valence-corrected chi connectivity index (χ3v) is 7.28. The first kappa shape index (κ1) is 26.7. The summed E-state index contributed by atoms with van der Waals surface area (Å²) >= 11 is 13.2. The van der Waals surface area contributed by atoms with Gasteiger partial charge in [-0.3, -0.25) is 0 Å². The average Bonchev–Trinajstić information content (AvgIpc) is 3.32. The molecular formula is C22H19Cl2F2N3O6S. The number of thioether (sulfide) groups is 1. The number of carboxylic acids is 1. The zero-order chi connectivity index (χ0) is 26.0. The Bertz CT molecular complexity index is 1250. The molecule has 3 aromatic rings. The Morgan fingerprint density at radius 1 is 1.17 bits per heavy atom. The van der Waals surface area contributed by atoms with E-state index in [9.17, 15) is 28.9 Å². The van der Waals surface area contributed by atoms with Gasteiger partial charge in [0.2, 0.25) is 0 Å². The molecule has 0 amide bonds. The van der Waals surface area contributed by atoms with Gasteiger partial charge in [0.05, 0.1) is 22.8 Å². The van der Waals surface area contributed by atoms with E-state index in [1.165, 1.54) is 16.9 Å². The van der Waals surface area contributed by atoms with Crippen molar-refractivity contribution in [3.63, 3.8) is 0 Å². The van der Waals surface area contributed by atoms with Gasteiger partial charge in [0.15, 0.2) is 11.6 Å². The van der Waals surface area contributed by atoms with E-state index in [4.69, 9.17) is 32.7 Å². The SMILES string of the molecule is O=C(O)CO[C@@H]1[C@@H](n2cc(-c3ccc(F)c(F)c3)nn2)[C@@H](O)[C@@H](CO)O[C@@H]1Sc1ccc(Cl)c(Cl)c1. The summed E-state index contributed by atoms with van der Waals surface area (Å²) in [4.78, 5) is 11.9. The highest BCUT2D eigenvalue weighted by molar-refractivity contribution is 7.99. The Kier molecular flexibility index (Phi) is 8.45. The molecule has 1 aromatic heterocycles. The molecule has 2 heterocycles. The highest BCUT2D eigenvalue weighted by Crippen LogP contribution is 2.41. The summed E-state index contributed by atoms with van der Waals surface area (Å²) in [5.41, 5.74) is -0.535. The van der Waals surface area contributed by atoms with Gasteiger partial charge in [0.1, 0.15) is 42.1 Å². The average molecular weight is 562 g/mol. The van der Waals surface area contributed by atoms with E-state index in [2.05, 4.69) is 10.3 Å². The molecule has 1 fully saturated rings. The minimum atomic E-state index is -1.39. The molecule has 0 aliphatic carbocycles. The van der Waals surface area contributed by atoms with E-state index >= 15 is 0 Å². The molecule has 0 bridgehead atoms. The number of rotatable bonds is 8. The van der Waals surface area contributed by atoms with Crippen LogP contribution >= 0.6 is 35.0 Å². The minimum Gasteiger partial charge on any atom is -0.480 e. The number of aliphatic carboxylic acids is 1. The van der Waals surface area contributed by atoms with Gasteiger partial charge in [-0.15, -0.1) is 5.10 Å². The van der Waals surface area contributed by atoms with Crippen molar-refractivity contribution in [1.29, 1.82) is 0 Å². The number of carbonyl (C=O) groups is 1. The normalized spacial score (nSPS) is 24.1. The van der Waals surface area contributed by atoms with Crippen molar-refractivity contribution in [2.45, 2.75) is 34.7 Å². The number of aliphatic hydroxyl groups excluding tert-OH is 2. The van der Waals surface area contributed by atoms with Crippen LogP contribution in [0.15, 0.2) is 47.5 Å². The largest absolute Gasteiger partial charge is 0.480 e. The predicted octanol–water partition coefficient (Wildman–Crippen LogP) is 3.41. The summed E-state index contributed by atoms with van der Waals surface area (Å²) in [7, 11) is 0. The molecule has 0 radical (unpaired) electrons. The van der Waals surface area contributed by atoms with Gasteiger partial charge in [0, 0.05) is 10.5 Å². The molecule has 1 aliphatic heterocycles. The molecule has 2 aromatic carbocycles. The van der Waals surface area contributed by atoms with Gasteiger partial charge < -0.3 is 24.8 Å².